The molecule has 0 atom stereocenters. The molecule has 0 spiro atoms. The third-order valence-corrected chi connectivity index (χ3v) is 4.49. The van der Waals surface area contributed by atoms with Crippen LogP contribution in [-0.4, -0.2) is 10.1 Å². The van der Waals surface area contributed by atoms with Crippen LogP contribution >= 0.6 is 50.7 Å². The Morgan fingerprint density at radius 3 is 2.62 bits per heavy atom. The first-order valence-corrected chi connectivity index (χ1v) is 8.77. The van der Waals surface area contributed by atoms with Crippen molar-refractivity contribution >= 4 is 50.7 Å². The minimum atomic E-state index is 0.128. The lowest BCUT2D eigenvalue weighted by molar-refractivity contribution is 0.242. The Labute approximate surface area is 161 Å². The molecule has 1 aromatic heterocycles. The second-order valence-electron chi connectivity index (χ2n) is 4.88. The summed E-state index contributed by atoms with van der Waals surface area (Å²) in [5, 5.41) is 5.57. The Morgan fingerprint density at radius 1 is 1.04 bits per heavy atom. The molecule has 0 aliphatic heterocycles. The minimum absolute atomic E-state index is 0.128. The van der Waals surface area contributed by atoms with Crippen molar-refractivity contribution in [3.05, 3.63) is 73.2 Å². The number of nitrogens with zero attached hydrogens (tertiary/aromatic N) is 2. The van der Waals surface area contributed by atoms with E-state index in [0.717, 1.165) is 10.0 Å². The van der Waals surface area contributed by atoms with Crippen LogP contribution in [0.25, 0.3) is 0 Å². The van der Waals surface area contributed by atoms with Gasteiger partial charge in [0.15, 0.2) is 12.4 Å². The molecule has 1 heterocycles. The fourth-order valence-electron chi connectivity index (χ4n) is 1.99. The lowest BCUT2D eigenvalue weighted by Gasteiger charge is -2.05. The highest BCUT2D eigenvalue weighted by atomic mass is 79.9. The van der Waals surface area contributed by atoms with Crippen LogP contribution in [0.4, 0.5) is 0 Å². The number of aromatic nitrogens is 2. The summed E-state index contributed by atoms with van der Waals surface area (Å²) < 4.78 is 11.6. The fourth-order valence-corrected chi connectivity index (χ4v) is 3.19. The molecule has 8 heteroatoms. The van der Waals surface area contributed by atoms with E-state index in [9.17, 15) is 0 Å². The molecule has 0 aliphatic rings. The van der Waals surface area contributed by atoms with E-state index in [1.54, 1.807) is 24.3 Å². The zero-order valence-electron chi connectivity index (χ0n) is 12.1. The monoisotopic (exact) mass is 446 g/mol. The lowest BCUT2D eigenvalue weighted by atomic mass is 10.1. The topological polar surface area (TPSA) is 48.2 Å². The number of hydrogen-bond acceptors (Lipinski definition) is 4. The van der Waals surface area contributed by atoms with Gasteiger partial charge in [0, 0.05) is 20.9 Å². The van der Waals surface area contributed by atoms with Crippen LogP contribution in [-0.2, 0) is 13.0 Å². The van der Waals surface area contributed by atoms with Gasteiger partial charge in [-0.25, -0.2) is 0 Å². The van der Waals surface area contributed by atoms with Crippen molar-refractivity contribution in [3.63, 3.8) is 0 Å². The van der Waals surface area contributed by atoms with Gasteiger partial charge in [-0.1, -0.05) is 62.0 Å². The molecule has 0 saturated heterocycles. The SMILES string of the molecule is Clc1ccc(Cc2noc(COc3ccc(Br)cc3Cl)n2)c(Cl)c1. The Hall–Kier alpha value is -1.27. The molecule has 4 nitrogen and oxygen atoms in total. The minimum Gasteiger partial charge on any atom is -0.482 e. The first kappa shape index (κ1) is 17.5. The molecule has 3 aromatic rings. The maximum Gasteiger partial charge on any atom is 0.264 e. The molecular weight excluding hydrogens is 438 g/mol. The maximum atomic E-state index is 6.14. The number of benzene rings is 2. The van der Waals surface area contributed by atoms with Gasteiger partial charge < -0.3 is 9.26 Å². The average molecular weight is 449 g/mol. The molecule has 0 aliphatic carbocycles. The molecule has 124 valence electrons. The smallest absolute Gasteiger partial charge is 0.264 e. The molecule has 0 fully saturated rings. The maximum absolute atomic E-state index is 6.14. The average Bonchev–Trinajstić information content (AvgIpc) is 2.97. The van der Waals surface area contributed by atoms with Gasteiger partial charge in [0.2, 0.25) is 0 Å². The predicted molar refractivity (Wildman–Crippen MR) is 97.1 cm³/mol. The number of ether oxygens (including phenoxy) is 1. The van der Waals surface area contributed by atoms with Crippen LogP contribution in [0.1, 0.15) is 17.3 Å². The van der Waals surface area contributed by atoms with Gasteiger partial charge in [0.1, 0.15) is 5.75 Å². The van der Waals surface area contributed by atoms with E-state index in [-0.39, 0.29) is 6.61 Å². The number of hydrogen-bond donors (Lipinski definition) is 0. The Bertz CT molecular complexity index is 870. The number of halogens is 4. The Kier molecular flexibility index (Phi) is 5.66. The van der Waals surface area contributed by atoms with Crippen molar-refractivity contribution in [1.29, 1.82) is 0 Å². The third-order valence-electron chi connectivity index (χ3n) is 3.12. The summed E-state index contributed by atoms with van der Waals surface area (Å²) in [6.45, 7) is 0.128. The zero-order valence-corrected chi connectivity index (χ0v) is 16.0. The lowest BCUT2D eigenvalue weighted by Crippen LogP contribution is -1.97. The molecule has 0 bridgehead atoms. The van der Waals surface area contributed by atoms with Crippen LogP contribution in [0.5, 0.6) is 5.75 Å². The van der Waals surface area contributed by atoms with Crippen molar-refractivity contribution in [2.75, 3.05) is 0 Å². The van der Waals surface area contributed by atoms with Crippen LogP contribution in [0.2, 0.25) is 15.1 Å². The van der Waals surface area contributed by atoms with E-state index in [0.29, 0.717) is 39.0 Å². The standard InChI is InChI=1S/C16H10BrCl3N2O2/c17-10-2-4-14(13(20)6-10)23-8-16-21-15(22-24-16)5-9-1-3-11(18)7-12(9)19/h1-4,6-7H,5,8H2. The summed E-state index contributed by atoms with van der Waals surface area (Å²) in [6, 6.07) is 10.6. The molecule has 3 rings (SSSR count). The molecule has 0 saturated carbocycles. The summed E-state index contributed by atoms with van der Waals surface area (Å²) >= 11 is 21.5. The highest BCUT2D eigenvalue weighted by Crippen LogP contribution is 2.28. The van der Waals surface area contributed by atoms with Gasteiger partial charge >= 0.3 is 0 Å². The highest BCUT2D eigenvalue weighted by molar-refractivity contribution is 9.10. The van der Waals surface area contributed by atoms with Crippen molar-refractivity contribution in [1.82, 2.24) is 10.1 Å². The normalized spacial score (nSPS) is 10.8. The number of rotatable bonds is 5. The van der Waals surface area contributed by atoms with E-state index < -0.39 is 0 Å². The van der Waals surface area contributed by atoms with E-state index in [4.69, 9.17) is 44.1 Å². The van der Waals surface area contributed by atoms with Gasteiger partial charge in [-0.2, -0.15) is 4.98 Å². The third kappa shape index (κ3) is 4.42. The predicted octanol–water partition coefficient (Wildman–Crippen LogP) is 5.96. The van der Waals surface area contributed by atoms with Gasteiger partial charge in [-0.05, 0) is 35.9 Å². The summed E-state index contributed by atoms with van der Waals surface area (Å²) in [5.41, 5.74) is 0.866. The first-order chi connectivity index (χ1) is 11.5. The summed E-state index contributed by atoms with van der Waals surface area (Å²) in [7, 11) is 0. The molecule has 0 radical (unpaired) electrons. The Morgan fingerprint density at radius 2 is 1.88 bits per heavy atom. The molecule has 24 heavy (non-hydrogen) atoms. The highest BCUT2D eigenvalue weighted by Gasteiger charge is 2.11. The van der Waals surface area contributed by atoms with E-state index in [1.807, 2.05) is 12.1 Å². The fraction of sp³-hybridized carbons (Fsp3) is 0.125. The van der Waals surface area contributed by atoms with Crippen molar-refractivity contribution in [3.8, 4) is 5.75 Å². The summed E-state index contributed by atoms with van der Waals surface area (Å²) in [6.07, 6.45) is 0.443. The second-order valence-corrected chi connectivity index (χ2v) is 7.05. The Balaban J connectivity index is 1.65. The van der Waals surface area contributed by atoms with Gasteiger partial charge in [-0.3, -0.25) is 0 Å². The van der Waals surface area contributed by atoms with Crippen LogP contribution in [0.3, 0.4) is 0 Å². The van der Waals surface area contributed by atoms with Crippen LogP contribution in [0.15, 0.2) is 45.4 Å². The largest absolute Gasteiger partial charge is 0.482 e. The van der Waals surface area contributed by atoms with Crippen LogP contribution in [0, 0.1) is 0 Å². The molecular formula is C16H10BrCl3N2O2. The first-order valence-electron chi connectivity index (χ1n) is 6.84. The van der Waals surface area contributed by atoms with Gasteiger partial charge in [0.25, 0.3) is 5.89 Å². The van der Waals surface area contributed by atoms with Gasteiger partial charge in [-0.15, -0.1) is 0 Å². The van der Waals surface area contributed by atoms with Crippen molar-refractivity contribution in [2.45, 2.75) is 13.0 Å². The molecule has 0 N–H and O–H groups in total. The summed E-state index contributed by atoms with van der Waals surface area (Å²) in [4.78, 5) is 4.28. The van der Waals surface area contributed by atoms with E-state index in [2.05, 4.69) is 26.1 Å². The van der Waals surface area contributed by atoms with Crippen molar-refractivity contribution < 1.29 is 9.26 Å². The molecule has 2 aromatic carbocycles. The molecule has 0 unspecified atom stereocenters. The molecule has 0 amide bonds. The quantitative estimate of drug-likeness (QED) is 0.483. The second kappa shape index (κ2) is 7.74. The van der Waals surface area contributed by atoms with Gasteiger partial charge in [0.05, 0.1) is 5.02 Å². The van der Waals surface area contributed by atoms with E-state index >= 15 is 0 Å². The van der Waals surface area contributed by atoms with Crippen LogP contribution < -0.4 is 4.74 Å². The zero-order chi connectivity index (χ0) is 17.1. The van der Waals surface area contributed by atoms with Crippen molar-refractivity contribution in [2.24, 2.45) is 0 Å². The summed E-state index contributed by atoms with van der Waals surface area (Å²) in [5.74, 6) is 1.41. The van der Waals surface area contributed by atoms with E-state index in [1.165, 1.54) is 0 Å².